The van der Waals surface area contributed by atoms with Crippen molar-refractivity contribution in [1.82, 2.24) is 4.90 Å². The maximum atomic E-state index is 12.9. The average molecular weight is 440 g/mol. The van der Waals surface area contributed by atoms with E-state index in [1.807, 2.05) is 6.92 Å². The van der Waals surface area contributed by atoms with E-state index in [2.05, 4.69) is 12.2 Å². The van der Waals surface area contributed by atoms with Crippen LogP contribution in [0.2, 0.25) is 0 Å². The maximum Gasteiger partial charge on any atom is 0.261 e. The number of thiophene rings is 1. The van der Waals surface area contributed by atoms with E-state index in [-0.39, 0.29) is 22.9 Å². The van der Waals surface area contributed by atoms with Crippen molar-refractivity contribution in [2.75, 3.05) is 11.9 Å². The minimum atomic E-state index is -0.552. The number of hydrogen-bond donors (Lipinski definition) is 2. The van der Waals surface area contributed by atoms with Gasteiger partial charge in [0.1, 0.15) is 5.00 Å². The third-order valence-electron chi connectivity index (χ3n) is 5.95. The second-order valence-corrected chi connectivity index (χ2v) is 9.36. The van der Waals surface area contributed by atoms with Crippen molar-refractivity contribution in [3.63, 3.8) is 0 Å². The molecule has 3 N–H and O–H groups in total. The van der Waals surface area contributed by atoms with E-state index >= 15 is 0 Å². The molecule has 8 heteroatoms. The number of hydrogen-bond acceptors (Lipinski definition) is 5. The number of nitrogens with two attached hydrogens (primary N) is 1. The topological polar surface area (TPSA) is 110 Å². The molecule has 1 aromatic heterocycles. The first-order valence-electron chi connectivity index (χ1n) is 10.6. The summed E-state index contributed by atoms with van der Waals surface area (Å²) in [5.41, 5.74) is 7.76. The van der Waals surface area contributed by atoms with Gasteiger partial charge >= 0.3 is 0 Å². The highest BCUT2D eigenvalue weighted by molar-refractivity contribution is 7.17. The van der Waals surface area contributed by atoms with Gasteiger partial charge < -0.3 is 11.1 Å². The van der Waals surface area contributed by atoms with Crippen LogP contribution < -0.4 is 11.1 Å². The molecule has 2 heterocycles. The molecule has 4 amide bonds. The van der Waals surface area contributed by atoms with E-state index in [0.29, 0.717) is 28.6 Å². The number of carbonyl (C=O) groups is 4. The summed E-state index contributed by atoms with van der Waals surface area (Å²) in [5, 5.41) is 3.26. The number of nitrogens with one attached hydrogen (secondary N) is 1. The molecule has 2 aliphatic rings. The smallest absolute Gasteiger partial charge is 0.261 e. The van der Waals surface area contributed by atoms with E-state index in [4.69, 9.17) is 5.73 Å². The van der Waals surface area contributed by atoms with Crippen molar-refractivity contribution < 1.29 is 19.2 Å². The summed E-state index contributed by atoms with van der Waals surface area (Å²) in [6, 6.07) is 4.51. The van der Waals surface area contributed by atoms with Gasteiger partial charge in [-0.15, -0.1) is 11.3 Å². The zero-order valence-electron chi connectivity index (χ0n) is 17.6. The predicted molar refractivity (Wildman–Crippen MR) is 119 cm³/mol. The third kappa shape index (κ3) is 3.76. The van der Waals surface area contributed by atoms with Crippen molar-refractivity contribution in [2.45, 2.75) is 46.0 Å². The number of rotatable bonds is 6. The number of unbranched alkanes of at least 4 members (excludes halogenated alkanes) is 1. The van der Waals surface area contributed by atoms with Crippen LogP contribution in [-0.4, -0.2) is 35.1 Å². The number of benzene rings is 1. The summed E-state index contributed by atoms with van der Waals surface area (Å²) in [7, 11) is 0. The minimum absolute atomic E-state index is 0.239. The Morgan fingerprint density at radius 3 is 2.68 bits per heavy atom. The Morgan fingerprint density at radius 1 is 1.23 bits per heavy atom. The van der Waals surface area contributed by atoms with Crippen molar-refractivity contribution in [3.8, 4) is 0 Å². The molecular formula is C23H25N3O4S. The minimum Gasteiger partial charge on any atom is -0.365 e. The van der Waals surface area contributed by atoms with Gasteiger partial charge in [0.2, 0.25) is 0 Å². The molecule has 4 rings (SSSR count). The molecule has 1 aromatic carbocycles. The van der Waals surface area contributed by atoms with Crippen LogP contribution >= 0.6 is 11.3 Å². The monoisotopic (exact) mass is 439 g/mol. The number of primary amides is 1. The first kappa shape index (κ1) is 21.2. The normalized spacial score (nSPS) is 17.5. The molecule has 0 bridgehead atoms. The van der Waals surface area contributed by atoms with Crippen LogP contribution in [0.25, 0.3) is 0 Å². The molecule has 0 saturated heterocycles. The molecule has 2 aromatic rings. The van der Waals surface area contributed by atoms with E-state index in [1.54, 1.807) is 0 Å². The zero-order valence-corrected chi connectivity index (χ0v) is 18.4. The van der Waals surface area contributed by atoms with Crippen LogP contribution in [0.1, 0.15) is 85.0 Å². The van der Waals surface area contributed by atoms with Crippen LogP contribution in [-0.2, 0) is 12.8 Å². The molecule has 1 aliphatic heterocycles. The molecule has 0 saturated carbocycles. The van der Waals surface area contributed by atoms with E-state index in [9.17, 15) is 19.2 Å². The molecule has 0 fully saturated rings. The lowest BCUT2D eigenvalue weighted by Gasteiger charge is -2.18. The number of amides is 4. The SMILES string of the molecule is CCCCN1C(=O)c2ccc(C(=O)Nc3sc4c(c3C(N)=O)CCC(C)C4)cc2C1=O. The number of anilines is 1. The Morgan fingerprint density at radius 2 is 1.97 bits per heavy atom. The summed E-state index contributed by atoms with van der Waals surface area (Å²) < 4.78 is 0. The highest BCUT2D eigenvalue weighted by atomic mass is 32.1. The number of nitrogens with zero attached hydrogens (tertiary/aromatic N) is 1. The second-order valence-electron chi connectivity index (χ2n) is 8.25. The summed E-state index contributed by atoms with van der Waals surface area (Å²) in [6.07, 6.45) is 4.21. The Hall–Kier alpha value is -3.00. The fraction of sp³-hybridized carbons (Fsp3) is 0.391. The maximum absolute atomic E-state index is 12.9. The summed E-state index contributed by atoms with van der Waals surface area (Å²) in [6.45, 7) is 4.52. The Balaban J connectivity index is 1.60. The predicted octanol–water partition coefficient (Wildman–Crippen LogP) is 3.62. The fourth-order valence-electron chi connectivity index (χ4n) is 4.23. The molecule has 162 valence electrons. The van der Waals surface area contributed by atoms with Crippen molar-refractivity contribution in [3.05, 3.63) is 50.9 Å². The molecular weight excluding hydrogens is 414 g/mol. The second kappa shape index (κ2) is 8.26. The standard InChI is InChI=1S/C23H25N3O4S/c1-3-4-9-26-22(29)14-8-6-13(11-16(14)23(26)30)20(28)25-21-18(19(24)27)15-7-5-12(2)10-17(15)31-21/h6,8,11-12H,3-5,7,9-10H2,1-2H3,(H2,24,27)(H,25,28). The Labute approximate surface area is 184 Å². The first-order chi connectivity index (χ1) is 14.8. The van der Waals surface area contributed by atoms with Crippen molar-refractivity contribution in [1.29, 1.82) is 0 Å². The fourth-order valence-corrected chi connectivity index (χ4v) is 5.64. The summed E-state index contributed by atoms with van der Waals surface area (Å²) in [5.74, 6) is -1.17. The van der Waals surface area contributed by atoms with Gasteiger partial charge in [0.25, 0.3) is 23.6 Å². The molecule has 1 unspecified atom stereocenters. The number of fused-ring (bicyclic) bond motifs is 2. The number of carbonyl (C=O) groups excluding carboxylic acids is 4. The molecule has 31 heavy (non-hydrogen) atoms. The zero-order chi connectivity index (χ0) is 22.3. The number of imide groups is 1. The molecule has 1 atom stereocenters. The summed E-state index contributed by atoms with van der Waals surface area (Å²) >= 11 is 1.39. The first-order valence-corrected chi connectivity index (χ1v) is 11.4. The molecule has 7 nitrogen and oxygen atoms in total. The van der Waals surface area contributed by atoms with E-state index in [1.165, 1.54) is 34.4 Å². The van der Waals surface area contributed by atoms with Gasteiger partial charge in [0, 0.05) is 17.0 Å². The van der Waals surface area contributed by atoms with Gasteiger partial charge in [-0.3, -0.25) is 24.1 Å². The van der Waals surface area contributed by atoms with Gasteiger partial charge in [0.15, 0.2) is 0 Å². The van der Waals surface area contributed by atoms with Gasteiger partial charge in [0.05, 0.1) is 16.7 Å². The van der Waals surface area contributed by atoms with Gasteiger partial charge in [-0.05, 0) is 55.4 Å². The van der Waals surface area contributed by atoms with Crippen LogP contribution in [0.15, 0.2) is 18.2 Å². The van der Waals surface area contributed by atoms with Crippen molar-refractivity contribution >= 4 is 40.0 Å². The summed E-state index contributed by atoms with van der Waals surface area (Å²) in [4.78, 5) is 52.5. The van der Waals surface area contributed by atoms with Gasteiger partial charge in [-0.25, -0.2) is 0 Å². The molecule has 0 spiro atoms. The lowest BCUT2D eigenvalue weighted by molar-refractivity contribution is 0.0651. The van der Waals surface area contributed by atoms with Gasteiger partial charge in [-0.1, -0.05) is 20.3 Å². The lowest BCUT2D eigenvalue weighted by atomic mass is 9.88. The van der Waals surface area contributed by atoms with Crippen LogP contribution in [0.5, 0.6) is 0 Å². The van der Waals surface area contributed by atoms with Crippen LogP contribution in [0, 0.1) is 5.92 Å². The van der Waals surface area contributed by atoms with Gasteiger partial charge in [-0.2, -0.15) is 0 Å². The van der Waals surface area contributed by atoms with Crippen molar-refractivity contribution in [2.24, 2.45) is 11.7 Å². The van der Waals surface area contributed by atoms with Crippen LogP contribution in [0.3, 0.4) is 0 Å². The third-order valence-corrected chi connectivity index (χ3v) is 7.12. The highest BCUT2D eigenvalue weighted by Gasteiger charge is 2.35. The lowest BCUT2D eigenvalue weighted by Crippen LogP contribution is -2.30. The Kier molecular flexibility index (Phi) is 5.66. The molecule has 0 radical (unpaired) electrons. The highest BCUT2D eigenvalue weighted by Crippen LogP contribution is 2.39. The van der Waals surface area contributed by atoms with Crippen LogP contribution in [0.4, 0.5) is 5.00 Å². The van der Waals surface area contributed by atoms with E-state index in [0.717, 1.165) is 42.5 Å². The Bertz CT molecular complexity index is 1100. The average Bonchev–Trinajstić information content (AvgIpc) is 3.20. The largest absolute Gasteiger partial charge is 0.365 e. The molecule has 1 aliphatic carbocycles. The van der Waals surface area contributed by atoms with E-state index < -0.39 is 11.8 Å². The quantitative estimate of drug-likeness (QED) is 0.670.